The van der Waals surface area contributed by atoms with Crippen molar-refractivity contribution in [3.63, 3.8) is 0 Å². The van der Waals surface area contributed by atoms with Crippen molar-refractivity contribution in [1.29, 1.82) is 0 Å². The molecular formula is C13H10BrF2N5S. The van der Waals surface area contributed by atoms with E-state index in [0.29, 0.717) is 17.3 Å². The molecular weight excluding hydrogens is 376 g/mol. The van der Waals surface area contributed by atoms with Crippen molar-refractivity contribution in [2.45, 2.75) is 19.9 Å². The van der Waals surface area contributed by atoms with Crippen LogP contribution in [0.25, 0.3) is 22.9 Å². The average Bonchev–Trinajstić information content (AvgIpc) is 3.10. The van der Waals surface area contributed by atoms with Crippen LogP contribution in [-0.2, 0) is 6.54 Å². The number of aromatic nitrogens is 5. The van der Waals surface area contributed by atoms with Gasteiger partial charge < -0.3 is 0 Å². The average molecular weight is 386 g/mol. The largest absolute Gasteiger partial charge is 0.258 e. The standard InChI is InChI=1S/C13H10BrF2N5S/c1-7-4-8(2-3-9(7)14)12-17-13(10-6-22-20-18-10)21(19-12)5-11(15)16/h2-4,6,11H,5H2,1H3. The van der Waals surface area contributed by atoms with E-state index in [1.54, 1.807) is 5.38 Å². The van der Waals surface area contributed by atoms with Crippen LogP contribution in [0.2, 0.25) is 0 Å². The minimum atomic E-state index is -2.52. The lowest BCUT2D eigenvalue weighted by molar-refractivity contribution is 0.122. The molecule has 22 heavy (non-hydrogen) atoms. The van der Waals surface area contributed by atoms with Gasteiger partial charge in [0, 0.05) is 15.4 Å². The maximum Gasteiger partial charge on any atom is 0.258 e. The van der Waals surface area contributed by atoms with Crippen LogP contribution in [0.3, 0.4) is 0 Å². The Bertz CT molecular complexity index is 788. The first-order valence-electron chi connectivity index (χ1n) is 6.31. The van der Waals surface area contributed by atoms with Gasteiger partial charge >= 0.3 is 0 Å². The summed E-state index contributed by atoms with van der Waals surface area (Å²) < 4.78 is 31.4. The van der Waals surface area contributed by atoms with Crippen molar-refractivity contribution in [3.8, 4) is 22.9 Å². The Hall–Kier alpha value is -1.74. The molecule has 0 fully saturated rings. The summed E-state index contributed by atoms with van der Waals surface area (Å²) in [6.45, 7) is 1.41. The molecule has 114 valence electrons. The Balaban J connectivity index is 2.07. The molecule has 9 heteroatoms. The first-order valence-corrected chi connectivity index (χ1v) is 7.94. The van der Waals surface area contributed by atoms with Gasteiger partial charge in [0.25, 0.3) is 6.43 Å². The Morgan fingerprint density at radius 1 is 1.36 bits per heavy atom. The third-order valence-electron chi connectivity index (χ3n) is 2.99. The van der Waals surface area contributed by atoms with Gasteiger partial charge in [-0.2, -0.15) is 5.10 Å². The van der Waals surface area contributed by atoms with Crippen LogP contribution in [0, 0.1) is 6.92 Å². The molecule has 0 saturated heterocycles. The Kier molecular flexibility index (Phi) is 4.25. The van der Waals surface area contributed by atoms with E-state index in [1.165, 1.54) is 4.68 Å². The van der Waals surface area contributed by atoms with Gasteiger partial charge in [-0.15, -0.1) is 5.10 Å². The minimum Gasteiger partial charge on any atom is -0.238 e. The van der Waals surface area contributed by atoms with Crippen molar-refractivity contribution < 1.29 is 8.78 Å². The van der Waals surface area contributed by atoms with E-state index in [9.17, 15) is 8.78 Å². The molecule has 0 aliphatic heterocycles. The van der Waals surface area contributed by atoms with Crippen LogP contribution in [0.15, 0.2) is 28.1 Å². The van der Waals surface area contributed by atoms with E-state index < -0.39 is 13.0 Å². The maximum atomic E-state index is 12.7. The molecule has 3 aromatic rings. The lowest BCUT2D eigenvalue weighted by Gasteiger charge is -2.02. The molecule has 0 bridgehead atoms. The van der Waals surface area contributed by atoms with Gasteiger partial charge in [0.1, 0.15) is 12.2 Å². The summed E-state index contributed by atoms with van der Waals surface area (Å²) >= 11 is 4.56. The Morgan fingerprint density at radius 3 is 2.82 bits per heavy atom. The van der Waals surface area contributed by atoms with E-state index in [0.717, 1.165) is 27.1 Å². The zero-order valence-corrected chi connectivity index (χ0v) is 13.8. The highest BCUT2D eigenvalue weighted by Gasteiger charge is 2.18. The third kappa shape index (κ3) is 3.05. The number of benzene rings is 1. The summed E-state index contributed by atoms with van der Waals surface area (Å²) in [5, 5.41) is 9.74. The topological polar surface area (TPSA) is 56.5 Å². The zero-order valence-electron chi connectivity index (χ0n) is 11.4. The van der Waals surface area contributed by atoms with Gasteiger partial charge in [-0.25, -0.2) is 18.4 Å². The van der Waals surface area contributed by atoms with Gasteiger partial charge in [0.2, 0.25) is 0 Å². The van der Waals surface area contributed by atoms with Crippen LogP contribution < -0.4 is 0 Å². The number of rotatable bonds is 4. The second-order valence-electron chi connectivity index (χ2n) is 4.59. The lowest BCUT2D eigenvalue weighted by atomic mass is 10.1. The summed E-state index contributed by atoms with van der Waals surface area (Å²) in [4.78, 5) is 4.35. The lowest BCUT2D eigenvalue weighted by Crippen LogP contribution is -2.10. The molecule has 0 saturated carbocycles. The number of halogens is 3. The highest BCUT2D eigenvalue weighted by molar-refractivity contribution is 9.10. The van der Waals surface area contributed by atoms with Gasteiger partial charge in [0.05, 0.1) is 0 Å². The van der Waals surface area contributed by atoms with Crippen LogP contribution in [0.4, 0.5) is 8.78 Å². The molecule has 5 nitrogen and oxygen atoms in total. The fourth-order valence-electron chi connectivity index (χ4n) is 1.96. The highest BCUT2D eigenvalue weighted by atomic mass is 79.9. The van der Waals surface area contributed by atoms with E-state index in [-0.39, 0.29) is 0 Å². The summed E-state index contributed by atoms with van der Waals surface area (Å²) in [5.41, 5.74) is 2.22. The van der Waals surface area contributed by atoms with Gasteiger partial charge in [-0.1, -0.05) is 20.4 Å². The molecule has 0 aliphatic rings. The van der Waals surface area contributed by atoms with Crippen LogP contribution in [-0.4, -0.2) is 30.8 Å². The predicted molar refractivity (Wildman–Crippen MR) is 82.8 cm³/mol. The van der Waals surface area contributed by atoms with Gasteiger partial charge in [-0.3, -0.25) is 0 Å². The predicted octanol–water partition coefficient (Wildman–Crippen LogP) is 3.80. The molecule has 2 aromatic heterocycles. The van der Waals surface area contributed by atoms with Crippen molar-refractivity contribution in [2.24, 2.45) is 0 Å². The van der Waals surface area contributed by atoms with Crippen molar-refractivity contribution >= 4 is 27.5 Å². The van der Waals surface area contributed by atoms with E-state index in [2.05, 4.69) is 35.6 Å². The number of alkyl halides is 2. The summed E-state index contributed by atoms with van der Waals surface area (Å²) in [7, 11) is 0. The molecule has 0 aliphatic carbocycles. The number of hydrogen-bond acceptors (Lipinski definition) is 5. The number of nitrogens with zero attached hydrogens (tertiary/aromatic N) is 5. The summed E-state index contributed by atoms with van der Waals surface area (Å²) in [6.07, 6.45) is -2.52. The second-order valence-corrected chi connectivity index (χ2v) is 6.05. The van der Waals surface area contributed by atoms with Gasteiger partial charge in [0.15, 0.2) is 11.6 Å². The number of hydrogen-bond donors (Lipinski definition) is 0. The van der Waals surface area contributed by atoms with Crippen molar-refractivity contribution in [3.05, 3.63) is 33.6 Å². The van der Waals surface area contributed by atoms with Crippen LogP contribution in [0.5, 0.6) is 0 Å². The molecule has 2 heterocycles. The van der Waals surface area contributed by atoms with E-state index >= 15 is 0 Å². The molecule has 3 rings (SSSR count). The Labute approximate surface area is 137 Å². The SMILES string of the molecule is Cc1cc(-c2nc(-c3csnn3)n(CC(F)F)n2)ccc1Br. The fraction of sp³-hybridized carbons (Fsp3) is 0.231. The summed E-state index contributed by atoms with van der Waals surface area (Å²) in [5.74, 6) is 0.684. The third-order valence-corrected chi connectivity index (χ3v) is 4.38. The zero-order chi connectivity index (χ0) is 15.7. The molecule has 0 atom stereocenters. The monoisotopic (exact) mass is 385 g/mol. The molecule has 0 spiro atoms. The first kappa shape index (κ1) is 15.2. The first-order chi connectivity index (χ1) is 10.5. The summed E-state index contributed by atoms with van der Waals surface area (Å²) in [6, 6.07) is 5.61. The molecule has 0 amide bonds. The smallest absolute Gasteiger partial charge is 0.238 e. The normalized spacial score (nSPS) is 11.3. The van der Waals surface area contributed by atoms with E-state index in [1.807, 2.05) is 25.1 Å². The Morgan fingerprint density at radius 2 is 2.18 bits per heavy atom. The van der Waals surface area contributed by atoms with Crippen LogP contribution >= 0.6 is 27.5 Å². The number of aryl methyl sites for hydroxylation is 1. The molecule has 1 aromatic carbocycles. The fourth-order valence-corrected chi connectivity index (χ4v) is 2.64. The van der Waals surface area contributed by atoms with Crippen molar-refractivity contribution in [1.82, 2.24) is 24.4 Å². The second kappa shape index (κ2) is 6.17. The highest BCUT2D eigenvalue weighted by Crippen LogP contribution is 2.25. The van der Waals surface area contributed by atoms with E-state index in [4.69, 9.17) is 0 Å². The molecule has 0 N–H and O–H groups in total. The molecule has 0 radical (unpaired) electrons. The minimum absolute atomic E-state index is 0.296. The quantitative estimate of drug-likeness (QED) is 0.685. The van der Waals surface area contributed by atoms with Crippen molar-refractivity contribution in [2.75, 3.05) is 0 Å². The van der Waals surface area contributed by atoms with Gasteiger partial charge in [-0.05, 0) is 42.2 Å². The van der Waals surface area contributed by atoms with Crippen LogP contribution in [0.1, 0.15) is 5.56 Å². The molecule has 0 unspecified atom stereocenters. The maximum absolute atomic E-state index is 12.7.